The first-order valence-corrected chi connectivity index (χ1v) is 7.93. The summed E-state index contributed by atoms with van der Waals surface area (Å²) in [5.74, 6) is -1.10. The Labute approximate surface area is 156 Å². The number of hydrogen-bond donors (Lipinski definition) is 4. The van der Waals surface area contributed by atoms with Gasteiger partial charge >= 0.3 is 5.69 Å². The quantitative estimate of drug-likeness (QED) is 0.174. The van der Waals surface area contributed by atoms with Crippen LogP contribution in [0.5, 0.6) is 0 Å². The predicted molar refractivity (Wildman–Crippen MR) is 100 cm³/mol. The van der Waals surface area contributed by atoms with Crippen molar-refractivity contribution in [2.75, 3.05) is 5.32 Å². The van der Waals surface area contributed by atoms with Gasteiger partial charge in [0.2, 0.25) is 0 Å². The van der Waals surface area contributed by atoms with Gasteiger partial charge in [-0.1, -0.05) is 0 Å². The number of nitro benzene ring substituents is 1. The van der Waals surface area contributed by atoms with Crippen molar-refractivity contribution in [3.8, 4) is 0 Å². The van der Waals surface area contributed by atoms with Crippen molar-refractivity contribution >= 4 is 34.0 Å². The van der Waals surface area contributed by atoms with Gasteiger partial charge in [-0.2, -0.15) is 5.11 Å². The number of aliphatic hydroxyl groups is 1. The van der Waals surface area contributed by atoms with Gasteiger partial charge < -0.3 is 20.4 Å². The molecular formula is C17H14N6O5. The van der Waals surface area contributed by atoms with Gasteiger partial charge in [0.05, 0.1) is 21.6 Å². The van der Waals surface area contributed by atoms with Crippen LogP contribution in [-0.2, 0) is 4.79 Å². The summed E-state index contributed by atoms with van der Waals surface area (Å²) in [5, 5.41) is 30.6. The van der Waals surface area contributed by atoms with E-state index in [4.69, 9.17) is 0 Å². The molecule has 0 radical (unpaired) electrons. The normalized spacial score (nSPS) is 12.2. The molecule has 0 saturated carbocycles. The average Bonchev–Trinajstić information content (AvgIpc) is 3.01. The fourth-order valence-electron chi connectivity index (χ4n) is 2.33. The number of H-pyrrole nitrogens is 2. The third-order valence-electron chi connectivity index (χ3n) is 3.66. The van der Waals surface area contributed by atoms with Gasteiger partial charge in [0.15, 0.2) is 5.70 Å². The van der Waals surface area contributed by atoms with Crippen LogP contribution in [0.1, 0.15) is 6.92 Å². The second-order valence-corrected chi connectivity index (χ2v) is 5.70. The maximum atomic E-state index is 12.3. The molecule has 3 aromatic rings. The number of carbonyl (C=O) groups is 1. The summed E-state index contributed by atoms with van der Waals surface area (Å²) in [7, 11) is 0. The molecule has 11 heteroatoms. The second-order valence-electron chi connectivity index (χ2n) is 5.70. The highest BCUT2D eigenvalue weighted by Gasteiger charge is 2.14. The summed E-state index contributed by atoms with van der Waals surface area (Å²) < 4.78 is 0. The Hall–Kier alpha value is -4.28. The number of allylic oxidation sites excluding steroid dienone is 1. The van der Waals surface area contributed by atoms with Crippen LogP contribution in [0, 0.1) is 10.1 Å². The van der Waals surface area contributed by atoms with Crippen molar-refractivity contribution < 1.29 is 14.8 Å². The van der Waals surface area contributed by atoms with E-state index in [1.165, 1.54) is 31.2 Å². The lowest BCUT2D eigenvalue weighted by Crippen LogP contribution is -2.14. The molecule has 142 valence electrons. The van der Waals surface area contributed by atoms with Crippen molar-refractivity contribution in [1.29, 1.82) is 0 Å². The number of nitro groups is 1. The molecular weight excluding hydrogens is 368 g/mol. The molecule has 0 bridgehead atoms. The van der Waals surface area contributed by atoms with E-state index in [-0.39, 0.29) is 28.5 Å². The number of nitrogens with one attached hydrogen (secondary N) is 3. The number of benzene rings is 2. The van der Waals surface area contributed by atoms with Crippen LogP contribution in [0.3, 0.4) is 0 Å². The number of non-ortho nitro benzene ring substituents is 1. The van der Waals surface area contributed by atoms with Crippen LogP contribution >= 0.6 is 0 Å². The number of rotatable bonds is 5. The summed E-state index contributed by atoms with van der Waals surface area (Å²) in [6, 6.07) is 9.93. The SMILES string of the molecule is C/C(O)=C(/N=Nc1ccc2[nH]c(=O)[nH]c2c1)C(=O)Nc1ccc([N+](=O)[O-])cc1. The Balaban J connectivity index is 1.79. The van der Waals surface area contributed by atoms with Gasteiger partial charge in [-0.05, 0) is 37.3 Å². The fraction of sp³-hybridized carbons (Fsp3) is 0.0588. The number of carbonyl (C=O) groups excluding carboxylic acids is 1. The molecule has 2 aromatic carbocycles. The molecule has 0 aliphatic carbocycles. The molecule has 28 heavy (non-hydrogen) atoms. The predicted octanol–water partition coefficient (Wildman–Crippen LogP) is 3.28. The number of aliphatic hydroxyl groups excluding tert-OH is 1. The molecule has 0 aliphatic rings. The van der Waals surface area contributed by atoms with E-state index in [2.05, 4.69) is 25.5 Å². The summed E-state index contributed by atoms with van der Waals surface area (Å²) in [6.07, 6.45) is 0. The molecule has 0 unspecified atom stereocenters. The Bertz CT molecular complexity index is 1170. The number of hydrogen-bond acceptors (Lipinski definition) is 7. The lowest BCUT2D eigenvalue weighted by molar-refractivity contribution is -0.384. The minimum atomic E-state index is -0.742. The average molecular weight is 382 g/mol. The van der Waals surface area contributed by atoms with Crippen molar-refractivity contribution in [2.45, 2.75) is 6.92 Å². The standard InChI is InChI=1S/C17H14N6O5/c1-9(24)15(16(25)18-10-2-5-12(6-3-10)23(27)28)22-21-11-4-7-13-14(8-11)20-17(26)19-13/h2-8,24H,1H3,(H,18,25)(H2,19,20,26)/b15-9-,22-21?. The number of imidazole rings is 1. The Morgan fingerprint density at radius 1 is 1.14 bits per heavy atom. The highest BCUT2D eigenvalue weighted by molar-refractivity contribution is 6.03. The summed E-state index contributed by atoms with van der Waals surface area (Å²) in [5.41, 5.74) is 0.932. The number of fused-ring (bicyclic) bond motifs is 1. The van der Waals surface area contributed by atoms with Gasteiger partial charge in [-0.3, -0.25) is 14.9 Å². The van der Waals surface area contributed by atoms with Crippen molar-refractivity contribution in [3.63, 3.8) is 0 Å². The van der Waals surface area contributed by atoms with Gasteiger partial charge in [-0.15, -0.1) is 5.11 Å². The van der Waals surface area contributed by atoms with Crippen molar-refractivity contribution in [1.82, 2.24) is 9.97 Å². The first kappa shape index (κ1) is 18.5. The Morgan fingerprint density at radius 2 is 1.82 bits per heavy atom. The number of azo groups is 1. The van der Waals surface area contributed by atoms with Crippen molar-refractivity contribution in [3.05, 3.63) is 74.5 Å². The smallest absolute Gasteiger partial charge is 0.323 e. The number of aromatic amines is 2. The zero-order chi connectivity index (χ0) is 20.3. The zero-order valence-corrected chi connectivity index (χ0v) is 14.5. The molecule has 3 rings (SSSR count). The highest BCUT2D eigenvalue weighted by Crippen LogP contribution is 2.20. The first-order valence-electron chi connectivity index (χ1n) is 7.93. The summed E-state index contributed by atoms with van der Waals surface area (Å²) in [6.45, 7) is 1.27. The van der Waals surface area contributed by atoms with E-state index >= 15 is 0 Å². The molecule has 1 aromatic heterocycles. The maximum Gasteiger partial charge on any atom is 0.323 e. The van der Waals surface area contributed by atoms with Crippen molar-refractivity contribution in [2.24, 2.45) is 10.2 Å². The number of amides is 1. The van der Waals surface area contributed by atoms with Crippen LogP contribution in [0.25, 0.3) is 11.0 Å². The van der Waals surface area contributed by atoms with E-state index in [0.29, 0.717) is 16.7 Å². The van der Waals surface area contributed by atoms with Gasteiger partial charge in [0.25, 0.3) is 11.6 Å². The summed E-state index contributed by atoms with van der Waals surface area (Å²) >= 11 is 0. The minimum Gasteiger partial charge on any atom is -0.510 e. The molecule has 0 atom stereocenters. The largest absolute Gasteiger partial charge is 0.510 e. The molecule has 0 fully saturated rings. The Morgan fingerprint density at radius 3 is 2.46 bits per heavy atom. The lowest BCUT2D eigenvalue weighted by Gasteiger charge is -2.05. The van der Waals surface area contributed by atoms with Crippen LogP contribution in [0.15, 0.2) is 68.9 Å². The van der Waals surface area contributed by atoms with Crippen LogP contribution in [0.2, 0.25) is 0 Å². The summed E-state index contributed by atoms with van der Waals surface area (Å²) in [4.78, 5) is 38.9. The third-order valence-corrected chi connectivity index (χ3v) is 3.66. The van der Waals surface area contributed by atoms with E-state index in [1.807, 2.05) is 0 Å². The van der Waals surface area contributed by atoms with E-state index in [9.17, 15) is 24.8 Å². The maximum absolute atomic E-state index is 12.3. The molecule has 11 nitrogen and oxygen atoms in total. The van der Waals surface area contributed by atoms with E-state index < -0.39 is 10.8 Å². The Kier molecular flexibility index (Phi) is 4.98. The molecule has 4 N–H and O–H groups in total. The second kappa shape index (κ2) is 7.53. The number of aromatic nitrogens is 2. The van der Waals surface area contributed by atoms with Gasteiger partial charge in [0.1, 0.15) is 5.76 Å². The fourth-order valence-corrected chi connectivity index (χ4v) is 2.33. The molecule has 0 aliphatic heterocycles. The van der Waals surface area contributed by atoms with Gasteiger partial charge in [-0.25, -0.2) is 4.79 Å². The van der Waals surface area contributed by atoms with Gasteiger partial charge in [0, 0.05) is 17.8 Å². The number of anilines is 1. The van der Waals surface area contributed by atoms with Crippen LogP contribution < -0.4 is 11.0 Å². The lowest BCUT2D eigenvalue weighted by atomic mass is 10.2. The highest BCUT2D eigenvalue weighted by atomic mass is 16.6. The van der Waals surface area contributed by atoms with Crippen LogP contribution in [0.4, 0.5) is 17.1 Å². The molecule has 1 amide bonds. The molecule has 0 saturated heterocycles. The van der Waals surface area contributed by atoms with Crippen LogP contribution in [-0.4, -0.2) is 25.9 Å². The molecule has 1 heterocycles. The molecule has 0 spiro atoms. The topological polar surface area (TPSA) is 166 Å². The number of nitrogens with zero attached hydrogens (tertiary/aromatic N) is 3. The minimum absolute atomic E-state index is 0.120. The third kappa shape index (κ3) is 4.09. The zero-order valence-electron chi connectivity index (χ0n) is 14.5. The van der Waals surface area contributed by atoms with E-state index in [1.54, 1.807) is 18.2 Å². The van der Waals surface area contributed by atoms with E-state index in [0.717, 1.165) is 0 Å². The first-order chi connectivity index (χ1) is 13.3. The monoisotopic (exact) mass is 382 g/mol.